The summed E-state index contributed by atoms with van der Waals surface area (Å²) < 4.78 is 0. The monoisotopic (exact) mass is 347 g/mol. The van der Waals surface area contributed by atoms with E-state index in [0.717, 1.165) is 24.4 Å². The Hall–Kier alpha value is -3.53. The number of amides is 1. The highest BCUT2D eigenvalue weighted by Crippen LogP contribution is 2.21. The summed E-state index contributed by atoms with van der Waals surface area (Å²) in [6, 6.07) is 13.5. The Labute approximate surface area is 151 Å². The van der Waals surface area contributed by atoms with Crippen LogP contribution in [0, 0.1) is 17.2 Å². The molecule has 2 heterocycles. The number of carbonyl (C=O) groups excluding carboxylic acids is 2. The van der Waals surface area contributed by atoms with Gasteiger partial charge in [0.05, 0.1) is 11.8 Å². The van der Waals surface area contributed by atoms with Gasteiger partial charge in [-0.15, -0.1) is 0 Å². The van der Waals surface area contributed by atoms with E-state index in [1.807, 2.05) is 11.9 Å². The van der Waals surface area contributed by atoms with Gasteiger partial charge in [0.15, 0.2) is 11.7 Å². The maximum Gasteiger partial charge on any atom is 0.250 e. The maximum atomic E-state index is 12.5. The predicted octanol–water partition coefficient (Wildman–Crippen LogP) is 2.63. The second-order valence-corrected chi connectivity index (χ2v) is 5.89. The molecule has 0 saturated carbocycles. The lowest BCUT2D eigenvalue weighted by Gasteiger charge is -2.14. The SMILES string of the molecule is CC1=NN(c2ccc(C(=O)C(C#N)C(=O)Nc3ccccn3)cc2)CC1. The summed E-state index contributed by atoms with van der Waals surface area (Å²) >= 11 is 0. The first-order chi connectivity index (χ1) is 12.6. The molecule has 0 radical (unpaired) electrons. The van der Waals surface area contributed by atoms with Crippen molar-refractivity contribution in [2.45, 2.75) is 13.3 Å². The van der Waals surface area contributed by atoms with Crippen molar-refractivity contribution in [1.29, 1.82) is 5.26 Å². The standard InChI is InChI=1S/C19H17N5O2/c1-13-9-11-24(23-13)15-7-5-14(6-8-15)18(25)16(12-20)19(26)22-17-4-2-3-10-21-17/h2-8,10,16H,9,11H2,1H3,(H,21,22,26). The minimum Gasteiger partial charge on any atom is -0.309 e. The summed E-state index contributed by atoms with van der Waals surface area (Å²) in [5.41, 5.74) is 2.22. The molecule has 3 rings (SSSR count). The highest BCUT2D eigenvalue weighted by Gasteiger charge is 2.28. The number of carbonyl (C=O) groups is 2. The first-order valence-corrected chi connectivity index (χ1v) is 8.16. The zero-order chi connectivity index (χ0) is 18.5. The van der Waals surface area contributed by atoms with Gasteiger partial charge in [0.25, 0.3) is 5.91 Å². The number of Topliss-reactive ketones (excluding diaryl/α,β-unsaturated/α-hetero) is 1. The first-order valence-electron chi connectivity index (χ1n) is 8.16. The number of nitrogens with one attached hydrogen (secondary N) is 1. The normalized spacial score (nSPS) is 14.3. The number of anilines is 2. The number of nitriles is 1. The lowest BCUT2D eigenvalue weighted by Crippen LogP contribution is -2.29. The molecule has 2 aromatic rings. The zero-order valence-corrected chi connectivity index (χ0v) is 14.2. The molecule has 1 atom stereocenters. The molecule has 26 heavy (non-hydrogen) atoms. The Morgan fingerprint density at radius 1 is 1.23 bits per heavy atom. The van der Waals surface area contributed by atoms with E-state index in [1.54, 1.807) is 48.5 Å². The first kappa shape index (κ1) is 17.3. The molecule has 1 unspecified atom stereocenters. The highest BCUT2D eigenvalue weighted by molar-refractivity contribution is 6.15. The Morgan fingerprint density at radius 3 is 2.58 bits per heavy atom. The van der Waals surface area contributed by atoms with Crippen molar-refractivity contribution in [3.05, 3.63) is 54.2 Å². The van der Waals surface area contributed by atoms with E-state index in [0.29, 0.717) is 11.4 Å². The lowest BCUT2D eigenvalue weighted by molar-refractivity contribution is -0.117. The van der Waals surface area contributed by atoms with Crippen LogP contribution in [0.5, 0.6) is 0 Å². The zero-order valence-electron chi connectivity index (χ0n) is 14.2. The Kier molecular flexibility index (Phi) is 5.04. The smallest absolute Gasteiger partial charge is 0.250 e. The van der Waals surface area contributed by atoms with Crippen LogP contribution in [0.2, 0.25) is 0 Å². The topological polar surface area (TPSA) is 98.5 Å². The predicted molar refractivity (Wildman–Crippen MR) is 97.8 cm³/mol. The number of hydrazone groups is 1. The van der Waals surface area contributed by atoms with Crippen LogP contribution in [0.1, 0.15) is 23.7 Å². The van der Waals surface area contributed by atoms with Gasteiger partial charge in [0.2, 0.25) is 0 Å². The third kappa shape index (κ3) is 3.75. The summed E-state index contributed by atoms with van der Waals surface area (Å²) in [5, 5.41) is 18.0. The number of aromatic nitrogens is 1. The molecule has 1 aliphatic rings. The van der Waals surface area contributed by atoms with Gasteiger partial charge in [0, 0.05) is 30.4 Å². The largest absolute Gasteiger partial charge is 0.309 e. The Bertz CT molecular complexity index is 884. The Balaban J connectivity index is 1.72. The lowest BCUT2D eigenvalue weighted by atomic mass is 9.98. The van der Waals surface area contributed by atoms with Crippen molar-refractivity contribution in [1.82, 2.24) is 4.98 Å². The Morgan fingerprint density at radius 2 is 2.00 bits per heavy atom. The molecule has 0 spiro atoms. The van der Waals surface area contributed by atoms with E-state index >= 15 is 0 Å². The second-order valence-electron chi connectivity index (χ2n) is 5.89. The van der Waals surface area contributed by atoms with Crippen LogP contribution < -0.4 is 10.3 Å². The number of rotatable bonds is 5. The molecule has 0 bridgehead atoms. The van der Waals surface area contributed by atoms with Gasteiger partial charge < -0.3 is 5.32 Å². The molecule has 7 nitrogen and oxygen atoms in total. The molecule has 1 aromatic carbocycles. The van der Waals surface area contributed by atoms with Gasteiger partial charge >= 0.3 is 0 Å². The van der Waals surface area contributed by atoms with Crippen molar-refractivity contribution in [3.63, 3.8) is 0 Å². The minimum absolute atomic E-state index is 0.295. The number of ketones is 1. The van der Waals surface area contributed by atoms with Crippen molar-refractivity contribution in [2.24, 2.45) is 11.0 Å². The number of pyridine rings is 1. The fourth-order valence-corrected chi connectivity index (χ4v) is 2.60. The number of hydrogen-bond acceptors (Lipinski definition) is 6. The molecule has 1 aliphatic heterocycles. The van der Waals surface area contributed by atoms with E-state index in [9.17, 15) is 14.9 Å². The fourth-order valence-electron chi connectivity index (χ4n) is 2.60. The second kappa shape index (κ2) is 7.57. The number of benzene rings is 1. The molecule has 130 valence electrons. The van der Waals surface area contributed by atoms with Gasteiger partial charge in [-0.3, -0.25) is 14.6 Å². The fraction of sp³-hybridized carbons (Fsp3) is 0.211. The van der Waals surface area contributed by atoms with Crippen LogP contribution in [0.4, 0.5) is 11.5 Å². The van der Waals surface area contributed by atoms with E-state index in [4.69, 9.17) is 0 Å². The summed E-state index contributed by atoms with van der Waals surface area (Å²) in [6.07, 6.45) is 2.42. The third-order valence-electron chi connectivity index (χ3n) is 4.00. The summed E-state index contributed by atoms with van der Waals surface area (Å²) in [4.78, 5) is 28.8. The summed E-state index contributed by atoms with van der Waals surface area (Å²) in [5.74, 6) is -2.38. The van der Waals surface area contributed by atoms with Crippen LogP contribution in [0.3, 0.4) is 0 Å². The van der Waals surface area contributed by atoms with Crippen LogP contribution in [-0.4, -0.2) is 28.9 Å². The molecule has 1 amide bonds. The molecule has 7 heteroatoms. The molecule has 0 saturated heterocycles. The summed E-state index contributed by atoms with van der Waals surface area (Å²) in [7, 11) is 0. The third-order valence-corrected chi connectivity index (χ3v) is 4.00. The van der Waals surface area contributed by atoms with Crippen molar-refractivity contribution < 1.29 is 9.59 Å². The van der Waals surface area contributed by atoms with Crippen LogP contribution in [-0.2, 0) is 4.79 Å². The molecule has 1 aromatic heterocycles. The average molecular weight is 347 g/mol. The van der Waals surface area contributed by atoms with Gasteiger partial charge in [0.1, 0.15) is 5.82 Å². The van der Waals surface area contributed by atoms with Gasteiger partial charge in [-0.05, 0) is 43.3 Å². The van der Waals surface area contributed by atoms with E-state index in [1.165, 1.54) is 6.20 Å². The molecule has 0 aliphatic carbocycles. The van der Waals surface area contributed by atoms with Gasteiger partial charge in [-0.2, -0.15) is 10.4 Å². The molecule has 1 N–H and O–H groups in total. The molecular formula is C19H17N5O2. The number of nitrogens with zero attached hydrogens (tertiary/aromatic N) is 4. The van der Waals surface area contributed by atoms with E-state index in [2.05, 4.69) is 15.4 Å². The van der Waals surface area contributed by atoms with Crippen molar-refractivity contribution in [3.8, 4) is 6.07 Å². The van der Waals surface area contributed by atoms with Crippen molar-refractivity contribution >= 4 is 28.9 Å². The van der Waals surface area contributed by atoms with Crippen LogP contribution in [0.25, 0.3) is 0 Å². The average Bonchev–Trinajstić information content (AvgIpc) is 3.09. The van der Waals surface area contributed by atoms with E-state index in [-0.39, 0.29) is 0 Å². The quantitative estimate of drug-likeness (QED) is 0.662. The maximum absolute atomic E-state index is 12.5. The van der Waals surface area contributed by atoms with Crippen molar-refractivity contribution in [2.75, 3.05) is 16.9 Å². The summed E-state index contributed by atoms with van der Waals surface area (Å²) in [6.45, 7) is 2.77. The molecular weight excluding hydrogens is 330 g/mol. The van der Waals surface area contributed by atoms with Gasteiger partial charge in [-0.1, -0.05) is 6.07 Å². The van der Waals surface area contributed by atoms with E-state index < -0.39 is 17.6 Å². The van der Waals surface area contributed by atoms with Gasteiger partial charge in [-0.25, -0.2) is 4.98 Å². The number of hydrogen-bond donors (Lipinski definition) is 1. The molecule has 0 fully saturated rings. The van der Waals surface area contributed by atoms with Crippen LogP contribution >= 0.6 is 0 Å². The highest BCUT2D eigenvalue weighted by atomic mass is 16.2. The minimum atomic E-state index is -1.44. The van der Waals surface area contributed by atoms with Crippen LogP contribution in [0.15, 0.2) is 53.8 Å².